The van der Waals surface area contributed by atoms with Crippen molar-refractivity contribution in [2.75, 3.05) is 0 Å². The fourth-order valence-electron chi connectivity index (χ4n) is 2.78. The second kappa shape index (κ2) is 4.90. The number of hydrogen-bond acceptors (Lipinski definition) is 4. The Morgan fingerprint density at radius 2 is 2.05 bits per heavy atom. The van der Waals surface area contributed by atoms with E-state index in [2.05, 4.69) is 5.32 Å². The minimum absolute atomic E-state index is 0.0704. The van der Waals surface area contributed by atoms with Gasteiger partial charge in [-0.3, -0.25) is 24.5 Å². The van der Waals surface area contributed by atoms with Gasteiger partial charge in [0.1, 0.15) is 11.9 Å². The van der Waals surface area contributed by atoms with Crippen LogP contribution in [0.2, 0.25) is 0 Å². The van der Waals surface area contributed by atoms with Gasteiger partial charge >= 0.3 is 0 Å². The highest BCUT2D eigenvalue weighted by atomic mass is 19.1. The van der Waals surface area contributed by atoms with Gasteiger partial charge in [0.25, 0.3) is 11.8 Å². The number of halogens is 1. The number of rotatable bonds is 2. The molecule has 7 nitrogen and oxygen atoms in total. The van der Waals surface area contributed by atoms with E-state index >= 15 is 0 Å². The van der Waals surface area contributed by atoms with Crippen LogP contribution >= 0.6 is 0 Å². The molecule has 0 radical (unpaired) electrons. The zero-order valence-corrected chi connectivity index (χ0v) is 11.4. The van der Waals surface area contributed by atoms with Gasteiger partial charge in [-0.2, -0.15) is 0 Å². The summed E-state index contributed by atoms with van der Waals surface area (Å²) in [5.74, 6) is -3.23. The van der Waals surface area contributed by atoms with E-state index in [0.717, 1.165) is 6.07 Å². The Morgan fingerprint density at radius 3 is 2.68 bits per heavy atom. The number of nitrogens with two attached hydrogens (primary N) is 1. The largest absolute Gasteiger partial charge is 0.366 e. The number of nitrogens with zero attached hydrogens (tertiary/aromatic N) is 1. The van der Waals surface area contributed by atoms with Gasteiger partial charge in [-0.15, -0.1) is 0 Å². The minimum Gasteiger partial charge on any atom is -0.366 e. The average molecular weight is 305 g/mol. The first-order chi connectivity index (χ1) is 10.4. The van der Waals surface area contributed by atoms with E-state index in [0.29, 0.717) is 5.56 Å². The van der Waals surface area contributed by atoms with E-state index in [1.54, 1.807) is 0 Å². The van der Waals surface area contributed by atoms with Crippen LogP contribution in [-0.4, -0.2) is 34.6 Å². The van der Waals surface area contributed by atoms with Gasteiger partial charge in [-0.1, -0.05) is 0 Å². The highest BCUT2D eigenvalue weighted by molar-refractivity contribution is 6.06. The van der Waals surface area contributed by atoms with Crippen molar-refractivity contribution in [1.82, 2.24) is 10.2 Å². The minimum atomic E-state index is -0.924. The second-order valence-electron chi connectivity index (χ2n) is 5.25. The van der Waals surface area contributed by atoms with E-state index < -0.39 is 29.6 Å². The summed E-state index contributed by atoms with van der Waals surface area (Å²) in [5, 5.41) is 2.17. The summed E-state index contributed by atoms with van der Waals surface area (Å²) >= 11 is 0. The molecule has 4 amide bonds. The molecule has 1 saturated heterocycles. The summed E-state index contributed by atoms with van der Waals surface area (Å²) in [5.41, 5.74) is 5.32. The van der Waals surface area contributed by atoms with Crippen molar-refractivity contribution in [3.8, 4) is 0 Å². The predicted octanol–water partition coefficient (Wildman–Crippen LogP) is -0.314. The third kappa shape index (κ3) is 2.12. The number of benzene rings is 1. The molecule has 8 heteroatoms. The zero-order valence-electron chi connectivity index (χ0n) is 11.4. The first kappa shape index (κ1) is 14.2. The topological polar surface area (TPSA) is 110 Å². The predicted molar refractivity (Wildman–Crippen MR) is 71.0 cm³/mol. The molecule has 0 aliphatic carbocycles. The summed E-state index contributed by atoms with van der Waals surface area (Å²) in [4.78, 5) is 47.8. The molecule has 1 unspecified atom stereocenters. The number of primary amides is 1. The van der Waals surface area contributed by atoms with Crippen LogP contribution in [0.3, 0.4) is 0 Å². The molecule has 3 rings (SSSR count). The molecule has 3 N–H and O–H groups in total. The number of amides is 4. The van der Waals surface area contributed by atoms with Crippen LogP contribution < -0.4 is 11.1 Å². The van der Waals surface area contributed by atoms with Crippen molar-refractivity contribution in [2.45, 2.75) is 25.4 Å². The lowest BCUT2D eigenvalue weighted by atomic mass is 10.0. The number of carbonyl (C=O) groups excluding carboxylic acids is 4. The molecule has 1 fully saturated rings. The van der Waals surface area contributed by atoms with Gasteiger partial charge in [-0.25, -0.2) is 4.39 Å². The number of nitrogens with one attached hydrogen (secondary N) is 1. The van der Waals surface area contributed by atoms with Crippen molar-refractivity contribution >= 4 is 23.6 Å². The molecule has 2 heterocycles. The summed E-state index contributed by atoms with van der Waals surface area (Å²) < 4.78 is 13.8. The lowest BCUT2D eigenvalue weighted by molar-refractivity contribution is -0.136. The van der Waals surface area contributed by atoms with Crippen LogP contribution in [-0.2, 0) is 16.1 Å². The number of carbonyl (C=O) groups is 4. The Balaban J connectivity index is 1.93. The first-order valence-corrected chi connectivity index (χ1v) is 6.65. The van der Waals surface area contributed by atoms with Crippen LogP contribution in [0.5, 0.6) is 0 Å². The van der Waals surface area contributed by atoms with Crippen molar-refractivity contribution in [3.05, 3.63) is 34.6 Å². The quantitative estimate of drug-likeness (QED) is 0.730. The van der Waals surface area contributed by atoms with Gasteiger partial charge < -0.3 is 10.6 Å². The molecule has 1 atom stereocenters. The van der Waals surface area contributed by atoms with E-state index in [1.807, 2.05) is 0 Å². The molecule has 22 heavy (non-hydrogen) atoms. The molecule has 1 aromatic carbocycles. The van der Waals surface area contributed by atoms with Gasteiger partial charge in [0.2, 0.25) is 11.8 Å². The Kier molecular flexibility index (Phi) is 3.16. The third-order valence-corrected chi connectivity index (χ3v) is 3.88. The zero-order chi connectivity index (χ0) is 16.0. The molecule has 0 saturated carbocycles. The average Bonchev–Trinajstić information content (AvgIpc) is 2.75. The smallest absolute Gasteiger partial charge is 0.255 e. The maximum absolute atomic E-state index is 13.8. The fourth-order valence-corrected chi connectivity index (χ4v) is 2.78. The lowest BCUT2D eigenvalue weighted by Crippen LogP contribution is -2.52. The van der Waals surface area contributed by atoms with Crippen LogP contribution in [0.4, 0.5) is 4.39 Å². The second-order valence-corrected chi connectivity index (χ2v) is 5.25. The third-order valence-electron chi connectivity index (χ3n) is 3.88. The standard InChI is InChI=1S/C14H12FN3O4/c15-9-4-7-6(3-8(9)12(16)20)5-18(14(7)22)10-1-2-11(19)17-13(10)21/h3-4,10H,1-2,5H2,(H2,16,20)(H,17,19,21). The highest BCUT2D eigenvalue weighted by Crippen LogP contribution is 2.29. The number of hydrogen-bond donors (Lipinski definition) is 2. The van der Waals surface area contributed by atoms with Crippen LogP contribution in [0.15, 0.2) is 12.1 Å². The van der Waals surface area contributed by atoms with E-state index in [9.17, 15) is 23.6 Å². The number of fused-ring (bicyclic) bond motifs is 1. The monoisotopic (exact) mass is 305 g/mol. The van der Waals surface area contributed by atoms with Crippen LogP contribution in [0.25, 0.3) is 0 Å². The Hall–Kier alpha value is -2.77. The molecular weight excluding hydrogens is 293 g/mol. The maximum Gasteiger partial charge on any atom is 0.255 e. The SMILES string of the molecule is NC(=O)c1cc2c(cc1F)C(=O)N(C1CCC(=O)NC1=O)C2. The van der Waals surface area contributed by atoms with Crippen molar-refractivity contribution < 1.29 is 23.6 Å². The molecule has 114 valence electrons. The van der Waals surface area contributed by atoms with Gasteiger partial charge in [-0.05, 0) is 24.1 Å². The lowest BCUT2D eigenvalue weighted by Gasteiger charge is -2.29. The number of imide groups is 1. The fraction of sp³-hybridized carbons (Fsp3) is 0.286. The molecule has 0 bridgehead atoms. The van der Waals surface area contributed by atoms with Crippen molar-refractivity contribution in [3.63, 3.8) is 0 Å². The Morgan fingerprint density at radius 1 is 1.32 bits per heavy atom. The Labute approximate surface area is 124 Å². The van der Waals surface area contributed by atoms with Crippen molar-refractivity contribution in [2.24, 2.45) is 5.73 Å². The van der Waals surface area contributed by atoms with Gasteiger partial charge in [0.05, 0.1) is 5.56 Å². The summed E-state index contributed by atoms with van der Waals surface area (Å²) in [6.45, 7) is 0.0704. The van der Waals surface area contributed by atoms with E-state index in [1.165, 1.54) is 11.0 Å². The van der Waals surface area contributed by atoms with Gasteiger partial charge in [0, 0.05) is 18.5 Å². The van der Waals surface area contributed by atoms with E-state index in [-0.39, 0.29) is 36.4 Å². The first-order valence-electron chi connectivity index (χ1n) is 6.65. The van der Waals surface area contributed by atoms with Crippen molar-refractivity contribution in [1.29, 1.82) is 0 Å². The highest BCUT2D eigenvalue weighted by Gasteiger charge is 2.39. The summed E-state index contributed by atoms with van der Waals surface area (Å²) in [6, 6.07) is 1.41. The molecule has 2 aliphatic rings. The number of piperidine rings is 1. The van der Waals surface area contributed by atoms with Gasteiger partial charge in [0.15, 0.2) is 0 Å². The molecular formula is C14H12FN3O4. The summed E-state index contributed by atoms with van der Waals surface area (Å²) in [6.07, 6.45) is 0.354. The molecule has 0 aromatic heterocycles. The van der Waals surface area contributed by atoms with Crippen LogP contribution in [0, 0.1) is 5.82 Å². The summed E-state index contributed by atoms with van der Waals surface area (Å²) in [7, 11) is 0. The van der Waals surface area contributed by atoms with Crippen LogP contribution in [0.1, 0.15) is 39.1 Å². The molecule has 0 spiro atoms. The molecule has 1 aromatic rings. The van der Waals surface area contributed by atoms with E-state index in [4.69, 9.17) is 5.73 Å². The normalized spacial score (nSPS) is 20.9. The Bertz CT molecular complexity index is 731. The maximum atomic E-state index is 13.8. The molecule has 2 aliphatic heterocycles.